The van der Waals surface area contributed by atoms with Crippen LogP contribution in [-0.2, 0) is 9.59 Å². The van der Waals surface area contributed by atoms with Crippen LogP contribution in [0, 0.1) is 6.92 Å². The van der Waals surface area contributed by atoms with Crippen LogP contribution in [0.1, 0.15) is 18.1 Å². The molecule has 0 saturated carbocycles. The zero-order valence-corrected chi connectivity index (χ0v) is 22.1. The van der Waals surface area contributed by atoms with Gasteiger partial charge in [-0.1, -0.05) is 41.4 Å². The first-order valence-electron chi connectivity index (χ1n) is 11.7. The van der Waals surface area contributed by atoms with Gasteiger partial charge in [-0.3, -0.25) is 14.9 Å². The largest absolute Gasteiger partial charge is 0.490 e. The van der Waals surface area contributed by atoms with Gasteiger partial charge in [0.05, 0.1) is 17.3 Å². The molecule has 1 N–H and O–H groups in total. The van der Waals surface area contributed by atoms with Crippen LogP contribution in [0.2, 0.25) is 10.0 Å². The Labute approximate surface area is 229 Å². The molecule has 196 valence electrons. The van der Waals surface area contributed by atoms with E-state index in [0.717, 1.165) is 16.2 Å². The van der Waals surface area contributed by atoms with Gasteiger partial charge in [0.1, 0.15) is 24.5 Å². The van der Waals surface area contributed by atoms with E-state index in [1.807, 2.05) is 31.2 Å². The summed E-state index contributed by atoms with van der Waals surface area (Å²) in [6.45, 7) is 4.56. The first-order valence-corrected chi connectivity index (χ1v) is 12.5. The Morgan fingerprint density at radius 3 is 2.32 bits per heavy atom. The summed E-state index contributed by atoms with van der Waals surface area (Å²) in [5, 5.41) is 2.84. The van der Waals surface area contributed by atoms with Crippen molar-refractivity contribution in [1.82, 2.24) is 5.32 Å². The van der Waals surface area contributed by atoms with Gasteiger partial charge in [0.15, 0.2) is 11.5 Å². The molecule has 0 radical (unpaired) electrons. The molecule has 38 heavy (non-hydrogen) atoms. The monoisotopic (exact) mass is 554 g/mol. The zero-order valence-electron chi connectivity index (χ0n) is 20.6. The highest BCUT2D eigenvalue weighted by molar-refractivity contribution is 6.39. The van der Waals surface area contributed by atoms with Gasteiger partial charge < -0.3 is 14.2 Å². The minimum atomic E-state index is -0.857. The molecule has 4 rings (SSSR count). The first-order chi connectivity index (χ1) is 18.3. The number of carbonyl (C=O) groups excluding carboxylic acids is 3. The number of amides is 4. The Morgan fingerprint density at radius 1 is 0.895 bits per heavy atom. The summed E-state index contributed by atoms with van der Waals surface area (Å²) in [4.78, 5) is 39.0. The summed E-state index contributed by atoms with van der Waals surface area (Å²) in [5.41, 5.74) is 1.43. The van der Waals surface area contributed by atoms with E-state index in [-0.39, 0.29) is 29.5 Å². The van der Waals surface area contributed by atoms with Crippen molar-refractivity contribution in [2.45, 2.75) is 13.8 Å². The van der Waals surface area contributed by atoms with Crippen molar-refractivity contribution in [2.75, 3.05) is 24.7 Å². The molecule has 8 nitrogen and oxygen atoms in total. The minimum Gasteiger partial charge on any atom is -0.490 e. The number of carbonyl (C=O) groups is 3. The second-order valence-corrected chi connectivity index (χ2v) is 9.00. The van der Waals surface area contributed by atoms with E-state index in [9.17, 15) is 14.4 Å². The second-order valence-electron chi connectivity index (χ2n) is 8.16. The maximum absolute atomic E-state index is 13.2. The highest BCUT2D eigenvalue weighted by Crippen LogP contribution is 2.37. The van der Waals surface area contributed by atoms with E-state index in [4.69, 9.17) is 37.4 Å². The Hall–Kier alpha value is -4.01. The zero-order chi connectivity index (χ0) is 27.2. The lowest BCUT2D eigenvalue weighted by molar-refractivity contribution is -0.122. The molecule has 1 fully saturated rings. The van der Waals surface area contributed by atoms with E-state index in [2.05, 4.69) is 5.32 Å². The minimum absolute atomic E-state index is 0.202. The maximum Gasteiger partial charge on any atom is 0.335 e. The molecule has 0 atom stereocenters. The number of urea groups is 1. The fraction of sp³-hybridized carbons (Fsp3) is 0.179. The van der Waals surface area contributed by atoms with Crippen LogP contribution in [0.25, 0.3) is 6.08 Å². The molecular weight excluding hydrogens is 531 g/mol. The molecule has 1 heterocycles. The fourth-order valence-electron chi connectivity index (χ4n) is 3.74. The molecule has 0 spiro atoms. The fourth-order valence-corrected chi connectivity index (χ4v) is 4.14. The summed E-state index contributed by atoms with van der Waals surface area (Å²) in [6, 6.07) is 16.0. The van der Waals surface area contributed by atoms with E-state index in [1.54, 1.807) is 13.0 Å². The smallest absolute Gasteiger partial charge is 0.335 e. The molecule has 1 saturated heterocycles. The van der Waals surface area contributed by atoms with Gasteiger partial charge in [0.2, 0.25) is 0 Å². The molecule has 0 aromatic heterocycles. The summed E-state index contributed by atoms with van der Waals surface area (Å²) < 4.78 is 17.3. The highest BCUT2D eigenvalue weighted by Gasteiger charge is 2.36. The van der Waals surface area contributed by atoms with Crippen molar-refractivity contribution in [3.05, 3.63) is 87.4 Å². The number of aryl methyl sites for hydroxylation is 1. The summed E-state index contributed by atoms with van der Waals surface area (Å²) in [5.74, 6) is -0.217. The Bertz CT molecular complexity index is 1400. The number of anilines is 1. The first kappa shape index (κ1) is 27.0. The third-order valence-electron chi connectivity index (χ3n) is 5.51. The van der Waals surface area contributed by atoms with Crippen LogP contribution in [0.5, 0.6) is 17.2 Å². The number of nitrogens with one attached hydrogen (secondary N) is 1. The van der Waals surface area contributed by atoms with Gasteiger partial charge in [0.25, 0.3) is 11.8 Å². The van der Waals surface area contributed by atoms with E-state index < -0.39 is 17.8 Å². The van der Waals surface area contributed by atoms with Crippen molar-refractivity contribution >= 4 is 52.8 Å². The van der Waals surface area contributed by atoms with E-state index >= 15 is 0 Å². The SMILES string of the molecule is CCOc1cc(/C=C2/C(=O)NC(=O)N(c3ccc(Cl)cc3)C2=O)cc(Cl)c1OCCOc1ccccc1C. The standard InChI is InChI=1S/C28H24Cl2N2O6/c1-3-36-24-16-18(15-22(30)25(24)38-13-12-37-23-7-5-4-6-17(23)2)14-21-26(33)31-28(35)32(27(21)34)20-10-8-19(29)9-11-20/h4-11,14-16H,3,12-13H2,1-2H3,(H,31,33,35)/b21-14-. The molecule has 0 bridgehead atoms. The van der Waals surface area contributed by atoms with Gasteiger partial charge in [0, 0.05) is 5.02 Å². The summed E-state index contributed by atoms with van der Waals surface area (Å²) in [6.07, 6.45) is 1.34. The van der Waals surface area contributed by atoms with Crippen LogP contribution < -0.4 is 24.4 Å². The lowest BCUT2D eigenvalue weighted by Gasteiger charge is -2.26. The number of hydrogen-bond acceptors (Lipinski definition) is 6. The van der Waals surface area contributed by atoms with Gasteiger partial charge >= 0.3 is 6.03 Å². The van der Waals surface area contributed by atoms with Gasteiger partial charge in [-0.2, -0.15) is 0 Å². The second kappa shape index (κ2) is 12.0. The van der Waals surface area contributed by atoms with Gasteiger partial charge in [-0.05, 0) is 73.5 Å². The number of ether oxygens (including phenoxy) is 3. The third-order valence-corrected chi connectivity index (χ3v) is 6.04. The number of para-hydroxylation sites is 1. The van der Waals surface area contributed by atoms with Crippen molar-refractivity contribution in [1.29, 1.82) is 0 Å². The predicted molar refractivity (Wildman–Crippen MR) is 145 cm³/mol. The number of nitrogens with zero attached hydrogens (tertiary/aromatic N) is 1. The van der Waals surface area contributed by atoms with Crippen molar-refractivity contribution in [3.8, 4) is 17.2 Å². The Morgan fingerprint density at radius 2 is 1.61 bits per heavy atom. The van der Waals surface area contributed by atoms with Crippen molar-refractivity contribution in [2.24, 2.45) is 0 Å². The molecule has 0 aliphatic carbocycles. The number of hydrogen-bond donors (Lipinski definition) is 1. The number of imide groups is 2. The number of halogens is 2. The van der Waals surface area contributed by atoms with E-state index in [0.29, 0.717) is 28.7 Å². The highest BCUT2D eigenvalue weighted by atomic mass is 35.5. The predicted octanol–water partition coefficient (Wildman–Crippen LogP) is 5.82. The van der Waals surface area contributed by atoms with Gasteiger partial charge in [-0.25, -0.2) is 9.69 Å². The molecule has 3 aromatic rings. The molecule has 1 aliphatic heterocycles. The van der Waals surface area contributed by atoms with Crippen LogP contribution in [0.4, 0.5) is 10.5 Å². The normalized spacial score (nSPS) is 14.5. The van der Waals surface area contributed by atoms with E-state index in [1.165, 1.54) is 36.4 Å². The van der Waals surface area contributed by atoms with Crippen molar-refractivity contribution < 1.29 is 28.6 Å². The lowest BCUT2D eigenvalue weighted by Crippen LogP contribution is -2.54. The average Bonchev–Trinajstić information content (AvgIpc) is 2.88. The quantitative estimate of drug-likeness (QED) is 0.203. The molecule has 10 heteroatoms. The Balaban J connectivity index is 1.55. The molecule has 4 amide bonds. The molecular formula is C28H24Cl2N2O6. The van der Waals surface area contributed by atoms with Crippen LogP contribution >= 0.6 is 23.2 Å². The van der Waals surface area contributed by atoms with Crippen molar-refractivity contribution in [3.63, 3.8) is 0 Å². The Kier molecular flexibility index (Phi) is 8.55. The maximum atomic E-state index is 13.2. The topological polar surface area (TPSA) is 94.2 Å². The number of rotatable bonds is 9. The number of barbiturate groups is 1. The summed E-state index contributed by atoms with van der Waals surface area (Å²) >= 11 is 12.4. The van der Waals surface area contributed by atoms with Gasteiger partial charge in [-0.15, -0.1) is 0 Å². The molecule has 0 unspecified atom stereocenters. The van der Waals surface area contributed by atoms with Crippen LogP contribution in [0.15, 0.2) is 66.2 Å². The molecule has 3 aromatic carbocycles. The third kappa shape index (κ3) is 6.10. The van der Waals surface area contributed by atoms with Crippen LogP contribution in [-0.4, -0.2) is 37.7 Å². The number of benzene rings is 3. The average molecular weight is 555 g/mol. The van der Waals surface area contributed by atoms with Crippen LogP contribution in [0.3, 0.4) is 0 Å². The summed E-state index contributed by atoms with van der Waals surface area (Å²) in [7, 11) is 0. The lowest BCUT2D eigenvalue weighted by atomic mass is 10.1. The molecule has 1 aliphatic rings.